The first-order chi connectivity index (χ1) is 4.37. The van der Waals surface area contributed by atoms with Gasteiger partial charge < -0.3 is 5.21 Å². The van der Waals surface area contributed by atoms with Crippen LogP contribution in [0.5, 0.6) is 0 Å². The van der Waals surface area contributed by atoms with Crippen molar-refractivity contribution in [3.63, 3.8) is 0 Å². The van der Waals surface area contributed by atoms with Crippen molar-refractivity contribution < 1.29 is 27.8 Å². The van der Waals surface area contributed by atoms with Crippen LogP contribution in [0, 0.1) is 10.1 Å². The van der Waals surface area contributed by atoms with Crippen molar-refractivity contribution in [3.8, 4) is 0 Å². The Balaban J connectivity index is 0. The maximum atomic E-state index is 9.26. The second-order valence-corrected chi connectivity index (χ2v) is 3.25. The van der Waals surface area contributed by atoms with Crippen LogP contribution < -0.4 is 0 Å². The maximum Gasteiger partial charge on any atom is 0.291 e. The van der Waals surface area contributed by atoms with E-state index in [1.165, 1.54) is 0 Å². The molecule has 2 atom stereocenters. The lowest BCUT2D eigenvalue weighted by molar-refractivity contribution is -0.742. The molecule has 0 heterocycles. The molecule has 10 heteroatoms. The molecule has 0 amide bonds. The van der Waals surface area contributed by atoms with Gasteiger partial charge in [0, 0.05) is 0 Å². The van der Waals surface area contributed by atoms with Gasteiger partial charge in [-0.05, 0) is 0 Å². The highest BCUT2D eigenvalue weighted by Crippen LogP contribution is 1.74. The van der Waals surface area contributed by atoms with Crippen LogP contribution in [0.15, 0.2) is 0 Å². The van der Waals surface area contributed by atoms with Crippen molar-refractivity contribution in [2.45, 2.75) is 0 Å². The van der Waals surface area contributed by atoms with E-state index in [-0.39, 0.29) is 0 Å². The van der Waals surface area contributed by atoms with Crippen LogP contribution in [0.4, 0.5) is 0 Å². The van der Waals surface area contributed by atoms with E-state index >= 15 is 0 Å². The van der Waals surface area contributed by atoms with Gasteiger partial charge in [0.1, 0.15) is 0 Å². The predicted molar refractivity (Wildman–Crippen MR) is 30.3 cm³/mol. The minimum absolute atomic E-state index is 1.50. The van der Waals surface area contributed by atoms with Crippen LogP contribution in [0.25, 0.3) is 0 Å². The van der Waals surface area contributed by atoms with E-state index in [2.05, 4.69) is 0 Å². The zero-order chi connectivity index (χ0) is 8.73. The van der Waals surface area contributed by atoms with E-state index in [1.807, 2.05) is 0 Å². The van der Waals surface area contributed by atoms with Crippen LogP contribution in [0.1, 0.15) is 0 Å². The third kappa shape index (κ3) is 26.1. The molecule has 0 radical (unpaired) electrons. The zero-order valence-corrected chi connectivity index (χ0v) is 5.87. The molecule has 0 spiro atoms. The third-order valence-corrected chi connectivity index (χ3v) is 1.10. The molecule has 0 aromatic heterocycles. The largest absolute Gasteiger partial charge is 0.328 e. The molecule has 8 nitrogen and oxygen atoms in total. The minimum atomic E-state index is -2.59. The Kier molecular flexibility index (Phi) is 7.93. The Bertz CT molecular complexity index is 134. The van der Waals surface area contributed by atoms with Crippen LogP contribution in [-0.4, -0.2) is 27.8 Å². The molecule has 10 heavy (non-hydrogen) atoms. The predicted octanol–water partition coefficient (Wildman–Crippen LogP) is -1.00. The van der Waals surface area contributed by atoms with E-state index in [4.69, 9.17) is 24.4 Å². The summed E-state index contributed by atoms with van der Waals surface area (Å²) < 4.78 is 33.6. The molecular formula is H3NO7S2. The van der Waals surface area contributed by atoms with Crippen molar-refractivity contribution in [2.75, 3.05) is 0 Å². The summed E-state index contributed by atoms with van der Waals surface area (Å²) >= 11 is 0. The van der Waals surface area contributed by atoms with Gasteiger partial charge in [-0.15, -0.1) is 10.1 Å². The summed E-state index contributed by atoms with van der Waals surface area (Å²) in [7, 11) is -5.18. The van der Waals surface area contributed by atoms with Crippen LogP contribution in [0.3, 0.4) is 0 Å². The Morgan fingerprint density at radius 1 is 1.20 bits per heavy atom. The maximum absolute atomic E-state index is 9.26. The highest BCUT2D eigenvalue weighted by molar-refractivity contribution is 8.56. The van der Waals surface area contributed by atoms with Crippen molar-refractivity contribution in [1.82, 2.24) is 0 Å². The number of rotatable bonds is 1. The van der Waals surface area contributed by atoms with Crippen LogP contribution in [-0.2, 0) is 20.2 Å². The summed E-state index contributed by atoms with van der Waals surface area (Å²) in [6.07, 6.45) is 0. The summed E-state index contributed by atoms with van der Waals surface area (Å²) in [6.45, 7) is 0. The topological polar surface area (TPSA) is 138 Å². The van der Waals surface area contributed by atoms with Crippen molar-refractivity contribution >= 4 is 20.2 Å². The van der Waals surface area contributed by atoms with Crippen molar-refractivity contribution in [3.05, 3.63) is 10.1 Å². The van der Waals surface area contributed by atoms with E-state index in [1.54, 1.807) is 0 Å². The standard InChI is InChI=1S/HNO3.H2O4S2/c2-1(3)4;1-5(2)6(3)4/h(H,2,3,4);(H,1,2)(H,3,4). The molecule has 0 saturated carbocycles. The summed E-state index contributed by atoms with van der Waals surface area (Å²) in [6, 6.07) is 0. The SMILES string of the molecule is O=S(O)S(=O)O.O=[N+]([O-])O. The van der Waals surface area contributed by atoms with Gasteiger partial charge in [-0.2, -0.15) is 0 Å². The smallest absolute Gasteiger partial charge is 0.291 e. The third-order valence-electron chi connectivity index (χ3n) is 0.122. The van der Waals surface area contributed by atoms with Gasteiger partial charge in [-0.3, -0.25) is 9.11 Å². The quantitative estimate of drug-likeness (QED) is 0.210. The molecular weight excluding hydrogens is 190 g/mol. The van der Waals surface area contributed by atoms with E-state index in [9.17, 15) is 8.42 Å². The number of hydrogen-bond donors (Lipinski definition) is 3. The van der Waals surface area contributed by atoms with Gasteiger partial charge in [-0.1, -0.05) is 0 Å². The second kappa shape index (κ2) is 6.54. The first kappa shape index (κ1) is 12.1. The summed E-state index contributed by atoms with van der Waals surface area (Å²) in [5, 5.41) is 13.6. The lowest BCUT2D eigenvalue weighted by Crippen LogP contribution is -1.93. The average Bonchev–Trinajstić information content (AvgIpc) is 1.63. The summed E-state index contributed by atoms with van der Waals surface area (Å²) in [4.78, 5) is 8.36. The molecule has 62 valence electrons. The lowest BCUT2D eigenvalue weighted by atomic mass is 13.1. The molecule has 0 aromatic carbocycles. The number of hydrogen-bond acceptors (Lipinski definition) is 4. The molecule has 0 aliphatic rings. The molecule has 0 rings (SSSR count). The molecule has 0 aromatic rings. The van der Waals surface area contributed by atoms with E-state index < -0.39 is 25.3 Å². The average molecular weight is 193 g/mol. The fraction of sp³-hybridized carbons (Fsp3) is 0. The van der Waals surface area contributed by atoms with Crippen molar-refractivity contribution in [2.24, 2.45) is 0 Å². The molecule has 3 N–H and O–H groups in total. The highest BCUT2D eigenvalue weighted by Gasteiger charge is 1.95. The monoisotopic (exact) mass is 193 g/mol. The molecule has 0 saturated heterocycles. The summed E-state index contributed by atoms with van der Waals surface area (Å²) in [5.41, 5.74) is 0. The molecule has 0 bridgehead atoms. The Labute approximate surface area is 58.9 Å². The minimum Gasteiger partial charge on any atom is -0.328 e. The molecule has 0 fully saturated rings. The molecule has 2 unspecified atom stereocenters. The Hall–Kier alpha value is -0.580. The first-order valence-electron chi connectivity index (χ1n) is 1.43. The lowest BCUT2D eigenvalue weighted by Gasteiger charge is -1.74. The van der Waals surface area contributed by atoms with Gasteiger partial charge in [0.15, 0.2) is 0 Å². The van der Waals surface area contributed by atoms with E-state index in [0.717, 1.165) is 0 Å². The first-order valence-corrected chi connectivity index (χ1v) is 4.16. The second-order valence-electron chi connectivity index (χ2n) is 0.672. The fourth-order valence-corrected chi connectivity index (χ4v) is 0. The molecule has 0 aliphatic carbocycles. The highest BCUT2D eigenvalue weighted by atomic mass is 33.2. The summed E-state index contributed by atoms with van der Waals surface area (Å²) in [5.74, 6) is 0. The van der Waals surface area contributed by atoms with Gasteiger partial charge in [0.25, 0.3) is 25.3 Å². The van der Waals surface area contributed by atoms with Gasteiger partial charge in [0.2, 0.25) is 0 Å². The van der Waals surface area contributed by atoms with E-state index in [0.29, 0.717) is 0 Å². The number of nitrogens with zero attached hydrogens (tertiary/aromatic N) is 1. The van der Waals surface area contributed by atoms with Crippen LogP contribution in [0.2, 0.25) is 0 Å². The van der Waals surface area contributed by atoms with Gasteiger partial charge in [0.05, 0.1) is 0 Å². The Morgan fingerprint density at radius 2 is 1.30 bits per heavy atom. The fourth-order valence-electron chi connectivity index (χ4n) is 0. The normalized spacial score (nSPS) is 14.2. The Morgan fingerprint density at radius 3 is 1.30 bits per heavy atom. The van der Waals surface area contributed by atoms with Crippen molar-refractivity contribution in [1.29, 1.82) is 0 Å². The van der Waals surface area contributed by atoms with Gasteiger partial charge in [-0.25, -0.2) is 8.42 Å². The van der Waals surface area contributed by atoms with Gasteiger partial charge >= 0.3 is 0 Å². The zero-order valence-electron chi connectivity index (χ0n) is 4.24. The van der Waals surface area contributed by atoms with Crippen LogP contribution >= 0.6 is 0 Å². The molecule has 0 aliphatic heterocycles.